The maximum Gasteiger partial charge on any atom is 0.208 e. The van der Waals surface area contributed by atoms with Crippen LogP contribution in [-0.4, -0.2) is 52.1 Å². The zero-order valence-electron chi connectivity index (χ0n) is 21.9. The van der Waals surface area contributed by atoms with Crippen molar-refractivity contribution in [3.8, 4) is 0 Å². The second-order valence-corrected chi connectivity index (χ2v) is 12.0. The topological polar surface area (TPSA) is 124 Å². The lowest BCUT2D eigenvalue weighted by Gasteiger charge is -2.37. The minimum absolute atomic E-state index is 0.00943. The quantitative estimate of drug-likeness (QED) is 0.0821. The Morgan fingerprint density at radius 2 is 2.11 bits per heavy atom. The number of nitrogens with one attached hydrogen (secondary N) is 2. The van der Waals surface area contributed by atoms with Gasteiger partial charge in [0.15, 0.2) is 0 Å². The van der Waals surface area contributed by atoms with Gasteiger partial charge in [0.2, 0.25) is 5.78 Å². The standard InChI is InChI=1S/C24H31Cl2N5O2S2.C2H6O/c1-29-24(31-16-5-2-13(8-16)12-33-35-28)19(11-27)22(32)20-10-18(23(26)34-20)21-17-9-15(25)4-3-14(17)6-7-30-21;1-3-2/h3-4,9-11,13-14,16-17,21,30H,2,5-8,12,27-28H2,1H3,(H,29,31);1-2H3/b19-11-;. The van der Waals surface area contributed by atoms with Crippen molar-refractivity contribution in [2.24, 2.45) is 33.6 Å². The van der Waals surface area contributed by atoms with Crippen LogP contribution in [0.25, 0.3) is 0 Å². The Morgan fingerprint density at radius 3 is 2.79 bits per heavy atom. The third-order valence-corrected chi connectivity index (χ3v) is 8.90. The van der Waals surface area contributed by atoms with Crippen LogP contribution in [0, 0.1) is 17.8 Å². The molecule has 1 aliphatic heterocycles. The number of nitrogens with zero attached hydrogens (tertiary/aromatic N) is 1. The molecule has 8 nitrogen and oxygen atoms in total. The second kappa shape index (κ2) is 15.4. The molecule has 0 radical (unpaired) electrons. The van der Waals surface area contributed by atoms with Crippen molar-refractivity contribution >= 4 is 58.4 Å². The summed E-state index contributed by atoms with van der Waals surface area (Å²) in [4.78, 5) is 18.4. The van der Waals surface area contributed by atoms with E-state index < -0.39 is 0 Å². The fraction of sp³-hybridized carbons (Fsp3) is 0.538. The molecule has 1 aromatic heterocycles. The highest BCUT2D eigenvalue weighted by atomic mass is 35.5. The number of halogens is 2. The molecule has 5 unspecified atom stereocenters. The summed E-state index contributed by atoms with van der Waals surface area (Å²) in [6, 6.07) is 2.07. The molecule has 0 aromatic carbocycles. The van der Waals surface area contributed by atoms with Crippen molar-refractivity contribution < 1.29 is 13.7 Å². The number of carbonyl (C=O) groups is 1. The highest BCUT2D eigenvalue weighted by Gasteiger charge is 2.36. The van der Waals surface area contributed by atoms with Crippen LogP contribution in [0.3, 0.4) is 0 Å². The molecule has 1 saturated carbocycles. The zero-order chi connectivity index (χ0) is 27.7. The highest BCUT2D eigenvalue weighted by Crippen LogP contribution is 2.44. The molecule has 2 fully saturated rings. The highest BCUT2D eigenvalue weighted by molar-refractivity contribution is 7.92. The number of hydrogen-bond donors (Lipinski definition) is 4. The first-order chi connectivity index (χ1) is 18.4. The fourth-order valence-electron chi connectivity index (χ4n) is 5.25. The molecule has 12 heteroatoms. The molecule has 1 aromatic rings. The number of rotatable bonds is 8. The number of thiophene rings is 1. The van der Waals surface area contributed by atoms with Crippen LogP contribution >= 0.6 is 46.8 Å². The summed E-state index contributed by atoms with van der Waals surface area (Å²) in [7, 11) is 4.91. The van der Waals surface area contributed by atoms with Gasteiger partial charge >= 0.3 is 0 Å². The maximum absolute atomic E-state index is 13.5. The summed E-state index contributed by atoms with van der Waals surface area (Å²) in [6.07, 6.45) is 11.5. The lowest BCUT2D eigenvalue weighted by molar-refractivity contribution is 0.104. The Balaban J connectivity index is 0.00000127. The van der Waals surface area contributed by atoms with Crippen LogP contribution in [0.2, 0.25) is 4.34 Å². The van der Waals surface area contributed by atoms with Gasteiger partial charge in [-0.25, -0.2) is 0 Å². The zero-order valence-corrected chi connectivity index (χ0v) is 25.1. The van der Waals surface area contributed by atoms with E-state index in [2.05, 4.69) is 32.5 Å². The Kier molecular flexibility index (Phi) is 12.6. The van der Waals surface area contributed by atoms with Crippen molar-refractivity contribution in [3.63, 3.8) is 0 Å². The number of carbonyl (C=O) groups excluding carboxylic acids is 1. The number of allylic oxidation sites excluding steroid dienone is 3. The van der Waals surface area contributed by atoms with Gasteiger partial charge in [0.05, 0.1) is 33.6 Å². The van der Waals surface area contributed by atoms with E-state index in [1.54, 1.807) is 21.3 Å². The van der Waals surface area contributed by atoms with Crippen molar-refractivity contribution in [1.82, 2.24) is 10.6 Å². The first-order valence-corrected chi connectivity index (χ1v) is 14.9. The van der Waals surface area contributed by atoms with E-state index in [9.17, 15) is 4.79 Å². The molecule has 5 atom stereocenters. The molecule has 38 heavy (non-hydrogen) atoms. The van der Waals surface area contributed by atoms with Crippen molar-refractivity contribution in [1.29, 1.82) is 0 Å². The first-order valence-electron chi connectivity index (χ1n) is 12.5. The van der Waals surface area contributed by atoms with Crippen LogP contribution in [0.5, 0.6) is 0 Å². The van der Waals surface area contributed by atoms with Crippen LogP contribution in [0.15, 0.2) is 46.1 Å². The molecule has 0 spiro atoms. The Bertz CT molecular complexity index is 1080. The van der Waals surface area contributed by atoms with Crippen molar-refractivity contribution in [2.75, 3.05) is 34.4 Å². The van der Waals surface area contributed by atoms with Crippen molar-refractivity contribution in [2.45, 2.75) is 37.8 Å². The van der Waals surface area contributed by atoms with Gasteiger partial charge in [0, 0.05) is 50.5 Å². The number of fused-ring (bicyclic) bond motifs is 1. The molecular formula is C26H37Cl2N5O3S2. The Hall–Kier alpha value is -1.37. The third-order valence-electron chi connectivity index (χ3n) is 6.99. The number of Topliss-reactive ketones (excluding diaryl/α,β-unsaturated/α-hetero) is 1. The molecular weight excluding hydrogens is 565 g/mol. The normalized spacial score (nSPS) is 27.3. The van der Waals surface area contributed by atoms with Gasteiger partial charge in [-0.15, -0.1) is 11.3 Å². The number of amidine groups is 1. The molecule has 4 rings (SSSR count). The van der Waals surface area contributed by atoms with Crippen molar-refractivity contribution in [3.05, 3.63) is 55.9 Å². The van der Waals surface area contributed by atoms with E-state index in [1.165, 1.54) is 17.5 Å². The molecule has 0 amide bonds. The van der Waals surface area contributed by atoms with E-state index in [0.717, 1.165) is 55.1 Å². The SMILES string of the molecule is CN=C(NC1CCC(COSN)C1)/C(=C\N)C(=O)c1cc(C2NCCC3C=CC(Cl)=CC32)c(Cl)s1.COC. The fourth-order valence-corrected chi connectivity index (χ4v) is 7.04. The number of ether oxygens (including phenoxy) is 1. The third kappa shape index (κ3) is 7.85. The summed E-state index contributed by atoms with van der Waals surface area (Å²) in [6.45, 7) is 1.49. The second-order valence-electron chi connectivity index (χ2n) is 9.50. The lowest BCUT2D eigenvalue weighted by atomic mass is 9.76. The van der Waals surface area contributed by atoms with Gasteiger partial charge in [-0.1, -0.05) is 35.4 Å². The number of ketones is 1. The predicted molar refractivity (Wildman–Crippen MR) is 160 cm³/mol. The van der Waals surface area contributed by atoms with Crippen LogP contribution < -0.4 is 21.5 Å². The summed E-state index contributed by atoms with van der Waals surface area (Å²) in [5, 5.41) is 13.1. The lowest BCUT2D eigenvalue weighted by Crippen LogP contribution is -2.39. The van der Waals surface area contributed by atoms with Gasteiger partial charge < -0.3 is 25.3 Å². The average Bonchev–Trinajstić information content (AvgIpc) is 3.53. The molecule has 6 N–H and O–H groups in total. The average molecular weight is 603 g/mol. The van der Waals surface area contributed by atoms with Gasteiger partial charge in [-0.05, 0) is 61.8 Å². The van der Waals surface area contributed by atoms with E-state index in [-0.39, 0.29) is 23.8 Å². The molecule has 2 aliphatic carbocycles. The molecule has 3 aliphatic rings. The van der Waals surface area contributed by atoms with Gasteiger partial charge in [0.25, 0.3) is 0 Å². The number of piperidine rings is 1. The Labute approximate surface area is 243 Å². The number of methoxy groups -OCH3 is 1. The minimum atomic E-state index is -0.194. The van der Waals surface area contributed by atoms with Crippen LogP contribution in [-0.2, 0) is 8.92 Å². The molecule has 210 valence electrons. The van der Waals surface area contributed by atoms with E-state index in [0.29, 0.717) is 39.1 Å². The summed E-state index contributed by atoms with van der Waals surface area (Å²) in [5.41, 5.74) is 7.19. The van der Waals surface area contributed by atoms with Gasteiger partial charge in [0.1, 0.15) is 5.84 Å². The minimum Gasteiger partial charge on any atom is -0.404 e. The van der Waals surface area contributed by atoms with E-state index in [4.69, 9.17) is 38.3 Å². The van der Waals surface area contributed by atoms with E-state index >= 15 is 0 Å². The van der Waals surface area contributed by atoms with E-state index in [1.807, 2.05) is 12.1 Å². The Morgan fingerprint density at radius 1 is 1.34 bits per heavy atom. The molecule has 0 bridgehead atoms. The van der Waals surface area contributed by atoms with Crippen LogP contribution in [0.4, 0.5) is 0 Å². The smallest absolute Gasteiger partial charge is 0.208 e. The maximum atomic E-state index is 13.5. The summed E-state index contributed by atoms with van der Waals surface area (Å²) < 4.78 is 10.1. The molecule has 2 heterocycles. The number of nitrogens with two attached hydrogens (primary N) is 2. The van der Waals surface area contributed by atoms with Crippen LogP contribution in [0.1, 0.15) is 47.0 Å². The first kappa shape index (κ1) is 31.2. The monoisotopic (exact) mass is 601 g/mol. The molecule has 1 saturated heterocycles. The van der Waals surface area contributed by atoms with Gasteiger partial charge in [-0.2, -0.15) is 0 Å². The largest absolute Gasteiger partial charge is 0.404 e. The summed E-state index contributed by atoms with van der Waals surface area (Å²) >= 11 is 15.2. The summed E-state index contributed by atoms with van der Waals surface area (Å²) in [5.74, 6) is 1.30. The number of aliphatic imine (C=N–C) groups is 1. The number of hydrogen-bond acceptors (Lipinski definition) is 9. The van der Waals surface area contributed by atoms with Gasteiger partial charge in [-0.3, -0.25) is 14.9 Å². The predicted octanol–water partition coefficient (Wildman–Crippen LogP) is 4.97.